The molecule has 0 atom stereocenters. The third-order valence-corrected chi connectivity index (χ3v) is 2.71. The minimum absolute atomic E-state index is 0.119. The molecule has 1 rings (SSSR count). The Hall–Kier alpha value is -0.990. The van der Waals surface area contributed by atoms with Gasteiger partial charge in [0.25, 0.3) is 6.43 Å². The summed E-state index contributed by atoms with van der Waals surface area (Å²) in [5.41, 5.74) is -0.362. The lowest BCUT2D eigenvalue weighted by Crippen LogP contribution is -2.10. The molecule has 94 valence electrons. The summed E-state index contributed by atoms with van der Waals surface area (Å²) in [5, 5.41) is 0. The van der Waals surface area contributed by atoms with Gasteiger partial charge in [-0.3, -0.25) is 0 Å². The molecule has 4 nitrogen and oxygen atoms in total. The number of nitrogens with zero attached hydrogens (tertiary/aromatic N) is 1. The summed E-state index contributed by atoms with van der Waals surface area (Å²) in [6, 6.07) is 1.22. The van der Waals surface area contributed by atoms with Gasteiger partial charge in [0.05, 0.1) is 19.3 Å². The van der Waals surface area contributed by atoms with Gasteiger partial charge in [0.2, 0.25) is 0 Å². The van der Waals surface area contributed by atoms with E-state index in [4.69, 9.17) is 9.47 Å². The minimum atomic E-state index is -2.75. The first-order valence-corrected chi connectivity index (χ1v) is 5.78. The number of esters is 1. The molecular formula is C10H10F2INO3. The number of rotatable bonds is 4. The highest BCUT2D eigenvalue weighted by Gasteiger charge is 2.22. The molecule has 17 heavy (non-hydrogen) atoms. The van der Waals surface area contributed by atoms with Gasteiger partial charge in [-0.15, -0.1) is 0 Å². The molecule has 0 aliphatic rings. The van der Waals surface area contributed by atoms with Crippen LogP contribution in [0.5, 0.6) is 5.75 Å². The zero-order valence-corrected chi connectivity index (χ0v) is 11.3. The first-order valence-electron chi connectivity index (χ1n) is 4.71. The van der Waals surface area contributed by atoms with Crippen molar-refractivity contribution in [1.29, 1.82) is 0 Å². The number of ether oxygens (including phenoxy) is 2. The fraction of sp³-hybridized carbons (Fsp3) is 0.400. The van der Waals surface area contributed by atoms with Gasteiger partial charge in [-0.25, -0.2) is 18.6 Å². The van der Waals surface area contributed by atoms with Gasteiger partial charge >= 0.3 is 5.97 Å². The van der Waals surface area contributed by atoms with Crippen molar-refractivity contribution < 1.29 is 23.0 Å². The first kappa shape index (κ1) is 14.1. The van der Waals surface area contributed by atoms with Crippen LogP contribution in [0.4, 0.5) is 8.78 Å². The lowest BCUT2D eigenvalue weighted by Gasteiger charge is -2.10. The molecule has 0 N–H and O–H groups in total. The summed E-state index contributed by atoms with van der Waals surface area (Å²) in [6.07, 6.45) is -2.75. The summed E-state index contributed by atoms with van der Waals surface area (Å²) < 4.78 is 34.9. The molecule has 1 aromatic heterocycles. The van der Waals surface area contributed by atoms with E-state index in [1.807, 2.05) is 0 Å². The van der Waals surface area contributed by atoms with Crippen molar-refractivity contribution in [2.24, 2.45) is 0 Å². The number of carbonyl (C=O) groups is 1. The molecule has 1 aromatic rings. The van der Waals surface area contributed by atoms with E-state index < -0.39 is 18.1 Å². The van der Waals surface area contributed by atoms with Crippen LogP contribution in [0, 0.1) is 3.70 Å². The zero-order valence-electron chi connectivity index (χ0n) is 9.17. The molecule has 0 aromatic carbocycles. The van der Waals surface area contributed by atoms with E-state index >= 15 is 0 Å². The predicted molar refractivity (Wildman–Crippen MR) is 64.4 cm³/mol. The Morgan fingerprint density at radius 3 is 2.71 bits per heavy atom. The maximum atomic E-state index is 12.6. The van der Waals surface area contributed by atoms with Crippen molar-refractivity contribution in [3.05, 3.63) is 21.0 Å². The number of methoxy groups -OCH3 is 1. The van der Waals surface area contributed by atoms with Crippen molar-refractivity contribution in [2.45, 2.75) is 13.3 Å². The molecule has 0 fully saturated rings. The highest BCUT2D eigenvalue weighted by molar-refractivity contribution is 14.1. The van der Waals surface area contributed by atoms with Gasteiger partial charge in [-0.2, -0.15) is 0 Å². The van der Waals surface area contributed by atoms with E-state index in [1.165, 1.54) is 13.2 Å². The summed E-state index contributed by atoms with van der Waals surface area (Å²) >= 11 is 1.71. The van der Waals surface area contributed by atoms with Crippen LogP contribution < -0.4 is 4.74 Å². The fourth-order valence-corrected chi connectivity index (χ4v) is 1.79. The quantitative estimate of drug-likeness (QED) is 0.473. The number of aromatic nitrogens is 1. The Balaban J connectivity index is 3.22. The van der Waals surface area contributed by atoms with Crippen LogP contribution in [0.3, 0.4) is 0 Å². The molecular weight excluding hydrogens is 347 g/mol. The van der Waals surface area contributed by atoms with Gasteiger partial charge < -0.3 is 9.47 Å². The van der Waals surface area contributed by atoms with E-state index in [0.29, 0.717) is 0 Å². The van der Waals surface area contributed by atoms with Crippen molar-refractivity contribution in [3.63, 3.8) is 0 Å². The van der Waals surface area contributed by atoms with Crippen molar-refractivity contribution in [1.82, 2.24) is 4.98 Å². The van der Waals surface area contributed by atoms with E-state index in [-0.39, 0.29) is 21.6 Å². The number of hydrogen-bond acceptors (Lipinski definition) is 4. The minimum Gasteiger partial charge on any atom is -0.495 e. The second kappa shape index (κ2) is 6.08. The maximum absolute atomic E-state index is 12.6. The molecule has 0 aliphatic heterocycles. The van der Waals surface area contributed by atoms with Crippen molar-refractivity contribution in [3.8, 4) is 5.75 Å². The number of halogens is 3. The SMILES string of the molecule is CCOC(=O)c1cc(OC)c(C(F)F)nc1I. The maximum Gasteiger partial charge on any atom is 0.340 e. The number of alkyl halides is 2. The molecule has 0 bridgehead atoms. The summed E-state index contributed by atoms with van der Waals surface area (Å²) in [5.74, 6) is -0.730. The lowest BCUT2D eigenvalue weighted by molar-refractivity contribution is 0.0523. The van der Waals surface area contributed by atoms with Gasteiger partial charge in [0.15, 0.2) is 0 Å². The Morgan fingerprint density at radius 1 is 1.59 bits per heavy atom. The first-order chi connectivity index (χ1) is 8.01. The largest absolute Gasteiger partial charge is 0.495 e. The summed E-state index contributed by atoms with van der Waals surface area (Å²) in [6.45, 7) is 1.86. The van der Waals surface area contributed by atoms with Crippen LogP contribution in [-0.4, -0.2) is 24.7 Å². The monoisotopic (exact) mass is 357 g/mol. The molecule has 0 radical (unpaired) electrons. The van der Waals surface area contributed by atoms with Gasteiger partial charge in [0.1, 0.15) is 15.1 Å². The highest BCUT2D eigenvalue weighted by atomic mass is 127. The molecule has 0 saturated heterocycles. The van der Waals surface area contributed by atoms with Crippen molar-refractivity contribution >= 4 is 28.6 Å². The standard InChI is InChI=1S/C10H10F2INO3/c1-3-17-10(15)5-4-6(16-2)7(8(11)12)14-9(5)13/h4,8H,3H2,1-2H3. The Morgan fingerprint density at radius 2 is 2.24 bits per heavy atom. The molecule has 0 amide bonds. The van der Waals surface area contributed by atoms with Gasteiger partial charge in [0, 0.05) is 0 Å². The number of pyridine rings is 1. The average molecular weight is 357 g/mol. The van der Waals surface area contributed by atoms with Crippen LogP contribution in [0.25, 0.3) is 0 Å². The number of carbonyl (C=O) groups excluding carboxylic acids is 1. The van der Waals surface area contributed by atoms with Gasteiger partial charge in [-0.05, 0) is 35.6 Å². The van der Waals surface area contributed by atoms with Crippen LogP contribution in [0.15, 0.2) is 6.07 Å². The third kappa shape index (κ3) is 3.24. The van der Waals surface area contributed by atoms with Crippen LogP contribution in [0.1, 0.15) is 29.4 Å². The van der Waals surface area contributed by atoms with E-state index in [1.54, 1.807) is 29.5 Å². The Bertz CT molecular complexity index is 426. The van der Waals surface area contributed by atoms with E-state index in [2.05, 4.69) is 4.98 Å². The summed E-state index contributed by atoms with van der Waals surface area (Å²) in [4.78, 5) is 15.2. The zero-order chi connectivity index (χ0) is 13.0. The van der Waals surface area contributed by atoms with E-state index in [0.717, 1.165) is 0 Å². The smallest absolute Gasteiger partial charge is 0.340 e. The Labute approximate surface area is 110 Å². The Kier molecular flexibility index (Phi) is 5.03. The molecule has 0 spiro atoms. The average Bonchev–Trinajstić information content (AvgIpc) is 2.28. The van der Waals surface area contributed by atoms with Crippen LogP contribution >= 0.6 is 22.6 Å². The molecule has 0 aliphatic carbocycles. The van der Waals surface area contributed by atoms with Gasteiger partial charge in [-0.1, -0.05) is 0 Å². The predicted octanol–water partition coefficient (Wildman–Crippen LogP) is 2.81. The molecule has 0 unspecified atom stereocenters. The molecule has 1 heterocycles. The highest BCUT2D eigenvalue weighted by Crippen LogP contribution is 2.29. The lowest BCUT2D eigenvalue weighted by atomic mass is 10.2. The normalized spacial score (nSPS) is 10.5. The fourth-order valence-electron chi connectivity index (χ4n) is 1.16. The van der Waals surface area contributed by atoms with E-state index in [9.17, 15) is 13.6 Å². The topological polar surface area (TPSA) is 48.4 Å². The number of hydrogen-bond donors (Lipinski definition) is 0. The summed E-state index contributed by atoms with van der Waals surface area (Å²) in [7, 11) is 1.24. The molecule has 0 saturated carbocycles. The second-order valence-electron chi connectivity index (χ2n) is 2.94. The third-order valence-electron chi connectivity index (χ3n) is 1.89. The van der Waals surface area contributed by atoms with Crippen LogP contribution in [0.2, 0.25) is 0 Å². The second-order valence-corrected chi connectivity index (χ2v) is 3.96. The van der Waals surface area contributed by atoms with Crippen molar-refractivity contribution in [2.75, 3.05) is 13.7 Å². The van der Waals surface area contributed by atoms with Crippen LogP contribution in [-0.2, 0) is 4.74 Å². The molecule has 7 heteroatoms.